The molecule has 2 saturated heterocycles. The zero-order valence-electron chi connectivity index (χ0n) is 25.2. The Labute approximate surface area is 258 Å². The van der Waals surface area contributed by atoms with Crippen molar-refractivity contribution in [3.05, 3.63) is 46.6 Å². The molecule has 3 atom stereocenters. The van der Waals surface area contributed by atoms with Crippen LogP contribution in [0.4, 0.5) is 19.0 Å². The Morgan fingerprint density at radius 1 is 1.16 bits per heavy atom. The number of nitrogens with zero attached hydrogens (tertiary/aromatic N) is 6. The number of carbonyl (C=O) groups excluding carboxylic acids is 3. The van der Waals surface area contributed by atoms with Crippen molar-refractivity contribution < 1.29 is 32.3 Å². The first-order valence-corrected chi connectivity index (χ1v) is 15.4. The number of nitrogens with one attached hydrogen (secondary N) is 1. The van der Waals surface area contributed by atoms with Crippen LogP contribution in [0.3, 0.4) is 0 Å². The van der Waals surface area contributed by atoms with Crippen LogP contribution in [0.15, 0.2) is 24.3 Å². The first-order chi connectivity index (χ1) is 21.5. The van der Waals surface area contributed by atoms with E-state index in [1.807, 2.05) is 11.9 Å². The van der Waals surface area contributed by atoms with Gasteiger partial charge in [0.25, 0.3) is 17.7 Å². The molecular formula is C31H36F3N7O4. The summed E-state index contributed by atoms with van der Waals surface area (Å²) in [6.07, 6.45) is -1.87. The van der Waals surface area contributed by atoms with E-state index in [-0.39, 0.29) is 29.8 Å². The maximum Gasteiger partial charge on any atom is 0.416 e. The fraction of sp³-hybridized carbons (Fsp3) is 0.581. The highest BCUT2D eigenvalue weighted by atomic mass is 19.4. The summed E-state index contributed by atoms with van der Waals surface area (Å²) in [7, 11) is 1.89. The van der Waals surface area contributed by atoms with Gasteiger partial charge in [-0.05, 0) is 63.8 Å². The maximum absolute atomic E-state index is 14.3. The van der Waals surface area contributed by atoms with E-state index >= 15 is 0 Å². The predicted molar refractivity (Wildman–Crippen MR) is 155 cm³/mol. The highest BCUT2D eigenvalue weighted by molar-refractivity contribution is 6.07. The number of benzene rings is 1. The van der Waals surface area contributed by atoms with Gasteiger partial charge in [0.05, 0.1) is 17.7 Å². The van der Waals surface area contributed by atoms with Crippen LogP contribution in [0.2, 0.25) is 0 Å². The molecule has 0 radical (unpaired) electrons. The number of hydrogen-bond acceptors (Lipinski definition) is 7. The summed E-state index contributed by atoms with van der Waals surface area (Å²) in [5, 5.41) is 17.6. The minimum absolute atomic E-state index is 0.0448. The van der Waals surface area contributed by atoms with Crippen molar-refractivity contribution in [1.29, 1.82) is 5.26 Å². The van der Waals surface area contributed by atoms with E-state index in [1.165, 1.54) is 15.9 Å². The number of halogens is 3. The number of aromatic nitrogens is 2. The molecule has 3 amide bonds. The normalized spacial score (nSPS) is 24.7. The van der Waals surface area contributed by atoms with Gasteiger partial charge in [-0.25, -0.2) is 4.68 Å². The average molecular weight is 628 g/mol. The molecular weight excluding hydrogens is 591 g/mol. The minimum atomic E-state index is -4.64. The summed E-state index contributed by atoms with van der Waals surface area (Å²) in [6.45, 7) is 4.29. The summed E-state index contributed by atoms with van der Waals surface area (Å²) in [5.74, 6) is -1.76. The number of alkyl halides is 3. The van der Waals surface area contributed by atoms with Gasteiger partial charge in [-0.3, -0.25) is 19.3 Å². The predicted octanol–water partition coefficient (Wildman–Crippen LogP) is 3.19. The fourth-order valence-electron chi connectivity index (χ4n) is 6.84. The second kappa shape index (κ2) is 12.1. The van der Waals surface area contributed by atoms with Crippen LogP contribution in [0.5, 0.6) is 0 Å². The third kappa shape index (κ3) is 5.79. The molecule has 4 aliphatic rings. The lowest BCUT2D eigenvalue weighted by molar-refractivity contribution is -0.137. The van der Waals surface area contributed by atoms with Gasteiger partial charge in [0, 0.05) is 56.4 Å². The highest BCUT2D eigenvalue weighted by Crippen LogP contribution is 2.52. The Balaban J connectivity index is 1.45. The average Bonchev–Trinajstić information content (AvgIpc) is 3.80. The molecule has 45 heavy (non-hydrogen) atoms. The van der Waals surface area contributed by atoms with Crippen molar-refractivity contribution in [3.8, 4) is 6.07 Å². The van der Waals surface area contributed by atoms with Crippen LogP contribution < -0.4 is 10.2 Å². The van der Waals surface area contributed by atoms with Crippen molar-refractivity contribution in [2.24, 2.45) is 5.92 Å². The van der Waals surface area contributed by atoms with E-state index in [0.29, 0.717) is 57.1 Å². The molecule has 1 N–H and O–H groups in total. The molecule has 1 aliphatic carbocycles. The zero-order chi connectivity index (χ0) is 32.0. The molecule has 240 valence electrons. The van der Waals surface area contributed by atoms with E-state index in [0.717, 1.165) is 31.0 Å². The molecule has 14 heteroatoms. The molecule has 4 heterocycles. The molecule has 2 aromatic rings. The lowest BCUT2D eigenvalue weighted by Gasteiger charge is -2.40. The number of carbonyl (C=O) groups is 3. The number of fused-ring (bicyclic) bond motifs is 1. The summed E-state index contributed by atoms with van der Waals surface area (Å²) >= 11 is 0. The van der Waals surface area contributed by atoms with Crippen LogP contribution in [0.1, 0.15) is 76.5 Å². The largest absolute Gasteiger partial charge is 0.416 e. The molecule has 6 rings (SSSR count). The SMILES string of the molecule is CCN1C(=O)[C@@H](NC(=O)c2cccc(C(F)(F)F)c2)[C@@H](C2CC2)c2c(C(=O)N3CCN(C)C[C@@H]3C#N)nn(C3CCOCC3)c21. The number of nitriles is 1. The number of piperazine rings is 1. The van der Waals surface area contributed by atoms with Crippen LogP contribution in [0, 0.1) is 17.2 Å². The number of amides is 3. The Kier molecular flexibility index (Phi) is 8.34. The first-order valence-electron chi connectivity index (χ1n) is 15.4. The molecule has 1 saturated carbocycles. The quantitative estimate of drug-likeness (QED) is 0.522. The van der Waals surface area contributed by atoms with Crippen LogP contribution >= 0.6 is 0 Å². The topological polar surface area (TPSA) is 124 Å². The molecule has 3 fully saturated rings. The van der Waals surface area contributed by atoms with Gasteiger partial charge in [0.2, 0.25) is 0 Å². The van der Waals surface area contributed by atoms with E-state index in [4.69, 9.17) is 9.84 Å². The highest BCUT2D eigenvalue weighted by Gasteiger charge is 2.52. The minimum Gasteiger partial charge on any atom is -0.381 e. The van der Waals surface area contributed by atoms with Crippen molar-refractivity contribution in [2.75, 3.05) is 51.3 Å². The summed E-state index contributed by atoms with van der Waals surface area (Å²) < 4.78 is 47.6. The van der Waals surface area contributed by atoms with Gasteiger partial charge in [0.1, 0.15) is 17.9 Å². The van der Waals surface area contributed by atoms with Crippen LogP contribution in [0.25, 0.3) is 0 Å². The monoisotopic (exact) mass is 627 g/mol. The van der Waals surface area contributed by atoms with Gasteiger partial charge in [0.15, 0.2) is 5.69 Å². The van der Waals surface area contributed by atoms with Crippen molar-refractivity contribution in [2.45, 2.75) is 62.8 Å². The summed E-state index contributed by atoms with van der Waals surface area (Å²) in [6, 6.07) is 4.38. The molecule has 0 spiro atoms. The standard InChI is InChI=1S/C31H36F3N7O4/c1-3-39-28-24(23(18-7-8-18)25(29(39)43)36-27(42)19-5-4-6-20(15-19)31(32,33)34)26(37-41(28)21-9-13-45-14-10-21)30(44)40-12-11-38(2)17-22(40)16-35/h4-6,15,18,21-23,25H,3,7-14,17H2,1-2H3,(H,36,42)/t22-,23-,25-/m0/s1. The lowest BCUT2D eigenvalue weighted by atomic mass is 9.82. The van der Waals surface area contributed by atoms with E-state index in [1.54, 1.807) is 11.6 Å². The van der Waals surface area contributed by atoms with Gasteiger partial charge >= 0.3 is 6.18 Å². The van der Waals surface area contributed by atoms with Gasteiger partial charge < -0.3 is 19.9 Å². The van der Waals surface area contributed by atoms with Gasteiger partial charge in [-0.1, -0.05) is 6.07 Å². The first kappa shape index (κ1) is 31.0. The third-order valence-electron chi connectivity index (χ3n) is 9.32. The number of likely N-dealkylation sites (N-methyl/N-ethyl adjacent to an activating group) is 2. The van der Waals surface area contributed by atoms with Crippen LogP contribution in [-0.2, 0) is 15.7 Å². The zero-order valence-corrected chi connectivity index (χ0v) is 25.2. The number of rotatable bonds is 6. The summed E-state index contributed by atoms with van der Waals surface area (Å²) in [4.78, 5) is 47.1. The van der Waals surface area contributed by atoms with Gasteiger partial charge in [-0.15, -0.1) is 0 Å². The smallest absolute Gasteiger partial charge is 0.381 e. The molecule has 1 aromatic heterocycles. The maximum atomic E-state index is 14.3. The molecule has 3 aliphatic heterocycles. The van der Waals surface area contributed by atoms with Crippen molar-refractivity contribution in [1.82, 2.24) is 24.9 Å². The molecule has 11 nitrogen and oxygen atoms in total. The van der Waals surface area contributed by atoms with Crippen molar-refractivity contribution in [3.63, 3.8) is 0 Å². The second-order valence-electron chi connectivity index (χ2n) is 12.3. The van der Waals surface area contributed by atoms with Gasteiger partial charge in [-0.2, -0.15) is 23.5 Å². The van der Waals surface area contributed by atoms with Crippen LogP contribution in [-0.4, -0.2) is 95.8 Å². The van der Waals surface area contributed by atoms with E-state index < -0.39 is 47.5 Å². The lowest BCUT2D eigenvalue weighted by Crippen LogP contribution is -2.56. The Morgan fingerprint density at radius 2 is 1.89 bits per heavy atom. The van der Waals surface area contributed by atoms with E-state index in [2.05, 4.69) is 11.4 Å². The summed E-state index contributed by atoms with van der Waals surface area (Å²) in [5.41, 5.74) is -0.474. The number of anilines is 1. The fourth-order valence-corrected chi connectivity index (χ4v) is 6.84. The number of ether oxygens (including phenoxy) is 1. The van der Waals surface area contributed by atoms with E-state index in [9.17, 15) is 32.8 Å². The third-order valence-corrected chi connectivity index (χ3v) is 9.32. The Morgan fingerprint density at radius 3 is 2.53 bits per heavy atom. The molecule has 1 aromatic carbocycles. The Hall–Kier alpha value is -3.96. The second-order valence-corrected chi connectivity index (χ2v) is 12.3. The van der Waals surface area contributed by atoms with Crippen molar-refractivity contribution >= 4 is 23.5 Å². The Bertz CT molecular complexity index is 1530. The molecule has 0 unspecified atom stereocenters. The molecule has 0 bridgehead atoms. The number of hydrogen-bond donors (Lipinski definition) is 1.